The molecule has 4 heteroatoms. The molecule has 0 spiro atoms. The van der Waals surface area contributed by atoms with E-state index in [1.807, 2.05) is 18.7 Å². The number of halogens is 1. The summed E-state index contributed by atoms with van der Waals surface area (Å²) in [7, 11) is 0. The van der Waals surface area contributed by atoms with Crippen LogP contribution in [0.3, 0.4) is 0 Å². The molecule has 0 heterocycles. The van der Waals surface area contributed by atoms with Crippen molar-refractivity contribution in [1.29, 1.82) is 0 Å². The highest BCUT2D eigenvalue weighted by Gasteiger charge is 2.18. The summed E-state index contributed by atoms with van der Waals surface area (Å²) in [6.07, 6.45) is 0. The first-order valence-electron chi connectivity index (χ1n) is 5.67. The van der Waals surface area contributed by atoms with Gasteiger partial charge in [-0.1, -0.05) is 13.0 Å². The summed E-state index contributed by atoms with van der Waals surface area (Å²) < 4.78 is 13.1. The van der Waals surface area contributed by atoms with Gasteiger partial charge < -0.3 is 10.0 Å². The maximum absolute atomic E-state index is 13.1. The third kappa shape index (κ3) is 3.73. The molecule has 1 aromatic rings. The summed E-state index contributed by atoms with van der Waals surface area (Å²) in [6.45, 7) is 5.94. The fraction of sp³-hybridized carbons (Fsp3) is 0.462. The second-order valence-electron chi connectivity index (χ2n) is 4.47. The number of carboxylic acid groups (broad SMARTS) is 1. The van der Waals surface area contributed by atoms with E-state index in [1.165, 1.54) is 12.1 Å². The van der Waals surface area contributed by atoms with Crippen LogP contribution in [0.4, 0.5) is 10.1 Å². The Bertz CT molecular complexity index is 393. The van der Waals surface area contributed by atoms with Crippen LogP contribution in [0.5, 0.6) is 0 Å². The monoisotopic (exact) mass is 239 g/mol. The van der Waals surface area contributed by atoms with Gasteiger partial charge in [-0.2, -0.15) is 0 Å². The van der Waals surface area contributed by atoms with E-state index in [9.17, 15) is 9.18 Å². The van der Waals surface area contributed by atoms with Crippen LogP contribution < -0.4 is 4.90 Å². The molecule has 0 bridgehead atoms. The lowest BCUT2D eigenvalue weighted by Gasteiger charge is -2.30. The van der Waals surface area contributed by atoms with Crippen molar-refractivity contribution < 1.29 is 14.3 Å². The van der Waals surface area contributed by atoms with Crippen molar-refractivity contribution >= 4 is 11.7 Å². The van der Waals surface area contributed by atoms with Gasteiger partial charge in [0.15, 0.2) is 0 Å². The summed E-state index contributed by atoms with van der Waals surface area (Å²) in [5, 5.41) is 8.91. The Kier molecular flexibility index (Phi) is 4.49. The molecule has 1 rings (SSSR count). The Morgan fingerprint density at radius 2 is 2.06 bits per heavy atom. The number of anilines is 1. The highest BCUT2D eigenvalue weighted by atomic mass is 19.1. The second kappa shape index (κ2) is 5.66. The first-order chi connectivity index (χ1) is 7.91. The molecule has 0 saturated carbocycles. The lowest BCUT2D eigenvalue weighted by atomic mass is 10.1. The SMILES string of the molecule is CC(CN(c1cccc(F)c1)C(C)C)C(=O)O. The molecule has 0 saturated heterocycles. The summed E-state index contributed by atoms with van der Waals surface area (Å²) in [5.41, 5.74) is 0.716. The number of hydrogen-bond acceptors (Lipinski definition) is 2. The highest BCUT2D eigenvalue weighted by molar-refractivity contribution is 5.70. The zero-order chi connectivity index (χ0) is 13.0. The Balaban J connectivity index is 2.90. The Morgan fingerprint density at radius 3 is 2.53 bits per heavy atom. The minimum Gasteiger partial charge on any atom is -0.481 e. The number of carbonyl (C=O) groups is 1. The van der Waals surface area contributed by atoms with E-state index in [-0.39, 0.29) is 11.9 Å². The van der Waals surface area contributed by atoms with Crippen molar-refractivity contribution in [3.8, 4) is 0 Å². The minimum absolute atomic E-state index is 0.124. The lowest BCUT2D eigenvalue weighted by Crippen LogP contribution is -2.37. The van der Waals surface area contributed by atoms with Crippen LogP contribution >= 0.6 is 0 Å². The van der Waals surface area contributed by atoms with Gasteiger partial charge >= 0.3 is 5.97 Å². The van der Waals surface area contributed by atoms with Crippen LogP contribution in [0.2, 0.25) is 0 Å². The number of nitrogens with zero attached hydrogens (tertiary/aromatic N) is 1. The van der Waals surface area contributed by atoms with E-state index in [4.69, 9.17) is 5.11 Å². The third-order valence-electron chi connectivity index (χ3n) is 2.66. The molecular formula is C13H18FNO2. The van der Waals surface area contributed by atoms with Crippen LogP contribution in [-0.2, 0) is 4.79 Å². The summed E-state index contributed by atoms with van der Waals surface area (Å²) in [6, 6.07) is 6.35. The first kappa shape index (κ1) is 13.5. The maximum atomic E-state index is 13.1. The first-order valence-corrected chi connectivity index (χ1v) is 5.67. The zero-order valence-electron chi connectivity index (χ0n) is 10.4. The Hall–Kier alpha value is -1.58. The van der Waals surface area contributed by atoms with E-state index >= 15 is 0 Å². The van der Waals surface area contributed by atoms with Crippen LogP contribution in [0, 0.1) is 11.7 Å². The van der Waals surface area contributed by atoms with E-state index < -0.39 is 11.9 Å². The third-order valence-corrected chi connectivity index (χ3v) is 2.66. The summed E-state index contributed by atoms with van der Waals surface area (Å²) in [5.74, 6) is -1.64. The van der Waals surface area contributed by atoms with Gasteiger partial charge in [0.1, 0.15) is 5.82 Å². The molecule has 0 aliphatic rings. The molecule has 0 radical (unpaired) electrons. The molecule has 1 unspecified atom stereocenters. The number of carboxylic acids is 1. The van der Waals surface area contributed by atoms with Crippen LogP contribution in [0.1, 0.15) is 20.8 Å². The predicted molar refractivity (Wildman–Crippen MR) is 65.7 cm³/mol. The summed E-state index contributed by atoms with van der Waals surface area (Å²) in [4.78, 5) is 12.7. The molecule has 0 aliphatic heterocycles. The van der Waals surface area contributed by atoms with Crippen molar-refractivity contribution in [2.24, 2.45) is 5.92 Å². The van der Waals surface area contributed by atoms with E-state index in [0.717, 1.165) is 0 Å². The van der Waals surface area contributed by atoms with Crippen molar-refractivity contribution in [2.75, 3.05) is 11.4 Å². The standard InChI is InChI=1S/C13H18FNO2/c1-9(2)15(8-10(3)13(16)17)12-6-4-5-11(14)7-12/h4-7,9-10H,8H2,1-3H3,(H,16,17). The topological polar surface area (TPSA) is 40.5 Å². The van der Waals surface area contributed by atoms with Gasteiger partial charge in [0, 0.05) is 18.3 Å². The van der Waals surface area contributed by atoms with Crippen LogP contribution in [-0.4, -0.2) is 23.7 Å². The highest BCUT2D eigenvalue weighted by Crippen LogP contribution is 2.19. The van der Waals surface area contributed by atoms with E-state index in [0.29, 0.717) is 12.2 Å². The molecule has 1 N–H and O–H groups in total. The molecule has 17 heavy (non-hydrogen) atoms. The molecule has 0 fully saturated rings. The number of hydrogen-bond donors (Lipinski definition) is 1. The molecule has 94 valence electrons. The predicted octanol–water partition coefficient (Wildman–Crippen LogP) is 2.76. The second-order valence-corrected chi connectivity index (χ2v) is 4.47. The van der Waals surface area contributed by atoms with Gasteiger partial charge in [-0.05, 0) is 32.0 Å². The minimum atomic E-state index is -0.841. The van der Waals surface area contributed by atoms with Crippen LogP contribution in [0.25, 0.3) is 0 Å². The van der Waals surface area contributed by atoms with Gasteiger partial charge in [0.25, 0.3) is 0 Å². The van der Waals surface area contributed by atoms with Crippen LogP contribution in [0.15, 0.2) is 24.3 Å². The number of rotatable bonds is 5. The van der Waals surface area contributed by atoms with Gasteiger partial charge in [0.05, 0.1) is 5.92 Å². The van der Waals surface area contributed by atoms with Gasteiger partial charge in [-0.15, -0.1) is 0 Å². The fourth-order valence-corrected chi connectivity index (χ4v) is 1.64. The Labute approximate surface area is 101 Å². The normalized spacial score (nSPS) is 12.5. The average Bonchev–Trinajstić information content (AvgIpc) is 2.24. The smallest absolute Gasteiger partial charge is 0.308 e. The molecule has 0 aliphatic carbocycles. The van der Waals surface area contributed by atoms with Crippen molar-refractivity contribution in [1.82, 2.24) is 0 Å². The average molecular weight is 239 g/mol. The fourth-order valence-electron chi connectivity index (χ4n) is 1.64. The molecule has 1 atom stereocenters. The largest absolute Gasteiger partial charge is 0.481 e. The molecule has 1 aromatic carbocycles. The molecule has 3 nitrogen and oxygen atoms in total. The Morgan fingerprint density at radius 1 is 1.41 bits per heavy atom. The van der Waals surface area contributed by atoms with Gasteiger partial charge in [-0.3, -0.25) is 4.79 Å². The van der Waals surface area contributed by atoms with Gasteiger partial charge in [0.2, 0.25) is 0 Å². The number of benzene rings is 1. The van der Waals surface area contributed by atoms with Crippen molar-refractivity contribution in [2.45, 2.75) is 26.8 Å². The van der Waals surface area contributed by atoms with Crippen molar-refractivity contribution in [3.63, 3.8) is 0 Å². The molecule has 0 aromatic heterocycles. The lowest BCUT2D eigenvalue weighted by molar-refractivity contribution is -0.140. The number of aliphatic carboxylic acids is 1. The molecule has 0 amide bonds. The molecular weight excluding hydrogens is 221 g/mol. The van der Waals surface area contributed by atoms with Crippen molar-refractivity contribution in [3.05, 3.63) is 30.1 Å². The maximum Gasteiger partial charge on any atom is 0.308 e. The van der Waals surface area contributed by atoms with Gasteiger partial charge in [-0.25, -0.2) is 4.39 Å². The quantitative estimate of drug-likeness (QED) is 0.859. The zero-order valence-corrected chi connectivity index (χ0v) is 10.4. The van der Waals surface area contributed by atoms with E-state index in [1.54, 1.807) is 19.1 Å². The summed E-state index contributed by atoms with van der Waals surface area (Å²) >= 11 is 0. The van der Waals surface area contributed by atoms with E-state index in [2.05, 4.69) is 0 Å².